The van der Waals surface area contributed by atoms with Crippen LogP contribution in [0.15, 0.2) is 71.0 Å². The number of hydrogen-bond donors (Lipinski definition) is 1. The summed E-state index contributed by atoms with van der Waals surface area (Å²) in [5.41, 5.74) is 2.56. The molecule has 6 heteroatoms. The fourth-order valence-corrected chi connectivity index (χ4v) is 3.48. The third kappa shape index (κ3) is 5.33. The maximum Gasteiger partial charge on any atom is 0.224 e. The van der Waals surface area contributed by atoms with E-state index in [4.69, 9.17) is 0 Å². The maximum absolute atomic E-state index is 12.2. The van der Waals surface area contributed by atoms with Gasteiger partial charge in [-0.2, -0.15) is 0 Å². The fraction of sp³-hybridized carbons (Fsp3) is 0.227. The number of nitrogens with one attached hydrogen (secondary N) is 1. The molecule has 2 aromatic carbocycles. The molecular weight excluding hydrogens is 370 g/mol. The number of imidazole rings is 1. The zero-order valence-electron chi connectivity index (χ0n) is 16.0. The summed E-state index contributed by atoms with van der Waals surface area (Å²) < 4.78 is 1.95. The van der Waals surface area contributed by atoms with Gasteiger partial charge in [-0.1, -0.05) is 43.0 Å². The molecule has 1 heterocycles. The Morgan fingerprint density at radius 3 is 2.36 bits per heavy atom. The van der Waals surface area contributed by atoms with Crippen molar-refractivity contribution in [2.24, 2.45) is 7.05 Å². The lowest BCUT2D eigenvalue weighted by Gasteiger charge is -2.07. The Kier molecular flexibility index (Phi) is 6.66. The number of ketones is 1. The number of hydrogen-bond acceptors (Lipinski definition) is 4. The molecule has 0 bridgehead atoms. The first-order chi connectivity index (χ1) is 13.5. The molecule has 0 aliphatic rings. The molecular formula is C22H23N3O2S. The van der Waals surface area contributed by atoms with Crippen molar-refractivity contribution in [2.45, 2.75) is 36.2 Å². The van der Waals surface area contributed by atoms with Crippen molar-refractivity contribution in [3.63, 3.8) is 0 Å². The number of carbonyl (C=O) groups excluding carboxylic acids is 2. The predicted octanol–water partition coefficient (Wildman–Crippen LogP) is 4.74. The van der Waals surface area contributed by atoms with E-state index in [1.54, 1.807) is 18.0 Å². The SMILES string of the molecule is CCc1ccc(C(=O)CCC(=O)Nc2ccc(Sc3nccn3C)cc2)cc1. The Hall–Kier alpha value is -2.86. The summed E-state index contributed by atoms with van der Waals surface area (Å²) in [5, 5.41) is 3.75. The van der Waals surface area contributed by atoms with Crippen LogP contribution in [0.25, 0.3) is 0 Å². The van der Waals surface area contributed by atoms with Crippen molar-refractivity contribution in [1.82, 2.24) is 9.55 Å². The predicted molar refractivity (Wildman–Crippen MR) is 112 cm³/mol. The van der Waals surface area contributed by atoms with E-state index in [0.29, 0.717) is 11.3 Å². The van der Waals surface area contributed by atoms with Gasteiger partial charge >= 0.3 is 0 Å². The summed E-state index contributed by atoms with van der Waals surface area (Å²) in [6.45, 7) is 2.07. The molecule has 28 heavy (non-hydrogen) atoms. The average molecular weight is 394 g/mol. The zero-order chi connectivity index (χ0) is 19.9. The molecule has 0 radical (unpaired) electrons. The van der Waals surface area contributed by atoms with Crippen LogP contribution in [0.4, 0.5) is 5.69 Å². The number of Topliss-reactive ketones (excluding diaryl/α,β-unsaturated/α-hetero) is 1. The van der Waals surface area contributed by atoms with Crippen molar-refractivity contribution in [1.29, 1.82) is 0 Å². The number of aryl methyl sites for hydroxylation is 2. The van der Waals surface area contributed by atoms with Gasteiger partial charge in [-0.05, 0) is 36.2 Å². The van der Waals surface area contributed by atoms with Gasteiger partial charge in [-0.25, -0.2) is 4.98 Å². The number of anilines is 1. The second-order valence-corrected chi connectivity index (χ2v) is 7.51. The van der Waals surface area contributed by atoms with Gasteiger partial charge in [0.15, 0.2) is 10.9 Å². The van der Waals surface area contributed by atoms with E-state index in [2.05, 4.69) is 17.2 Å². The van der Waals surface area contributed by atoms with E-state index in [0.717, 1.165) is 16.5 Å². The lowest BCUT2D eigenvalue weighted by atomic mass is 10.0. The summed E-state index contributed by atoms with van der Waals surface area (Å²) in [6.07, 6.45) is 4.96. The van der Waals surface area contributed by atoms with E-state index in [-0.39, 0.29) is 24.5 Å². The van der Waals surface area contributed by atoms with Gasteiger partial charge in [0.1, 0.15) is 0 Å². The van der Waals surface area contributed by atoms with Crippen LogP contribution < -0.4 is 5.32 Å². The first kappa shape index (κ1) is 19.9. The first-order valence-electron chi connectivity index (χ1n) is 9.22. The molecule has 3 aromatic rings. The molecule has 3 rings (SSSR count). The highest BCUT2D eigenvalue weighted by molar-refractivity contribution is 7.99. The van der Waals surface area contributed by atoms with Gasteiger partial charge in [0.25, 0.3) is 0 Å². The van der Waals surface area contributed by atoms with Crippen LogP contribution in [0.1, 0.15) is 35.7 Å². The number of benzene rings is 2. The Bertz CT molecular complexity index is 947. The first-order valence-corrected chi connectivity index (χ1v) is 10.0. The van der Waals surface area contributed by atoms with E-state index >= 15 is 0 Å². The molecule has 0 fully saturated rings. The van der Waals surface area contributed by atoms with Gasteiger partial charge in [0.05, 0.1) is 0 Å². The summed E-state index contributed by atoms with van der Waals surface area (Å²) in [5.74, 6) is -0.178. The quantitative estimate of drug-likeness (QED) is 0.562. The van der Waals surface area contributed by atoms with Crippen molar-refractivity contribution >= 4 is 29.1 Å². The summed E-state index contributed by atoms with van der Waals surface area (Å²) in [7, 11) is 1.95. The third-order valence-corrected chi connectivity index (χ3v) is 5.47. The fourth-order valence-electron chi connectivity index (χ4n) is 2.68. The number of rotatable bonds is 8. The maximum atomic E-state index is 12.2. The highest BCUT2D eigenvalue weighted by Gasteiger charge is 2.10. The minimum atomic E-state index is -0.164. The van der Waals surface area contributed by atoms with Gasteiger partial charge in [-0.15, -0.1) is 0 Å². The van der Waals surface area contributed by atoms with Crippen molar-refractivity contribution in [3.05, 3.63) is 72.1 Å². The van der Waals surface area contributed by atoms with Crippen LogP contribution in [-0.2, 0) is 18.3 Å². The Morgan fingerprint density at radius 1 is 1.04 bits per heavy atom. The molecule has 0 aliphatic carbocycles. The summed E-state index contributed by atoms with van der Waals surface area (Å²) in [6, 6.07) is 15.2. The van der Waals surface area contributed by atoms with Gasteiger partial charge in [0, 0.05) is 48.4 Å². The molecule has 0 aliphatic heterocycles. The Labute approximate surface area is 169 Å². The average Bonchev–Trinajstić information content (AvgIpc) is 3.12. The lowest BCUT2D eigenvalue weighted by molar-refractivity contribution is -0.116. The second-order valence-electron chi connectivity index (χ2n) is 6.47. The van der Waals surface area contributed by atoms with Crippen molar-refractivity contribution in [3.8, 4) is 0 Å². The molecule has 0 saturated carbocycles. The van der Waals surface area contributed by atoms with Crippen molar-refractivity contribution in [2.75, 3.05) is 5.32 Å². The summed E-state index contributed by atoms with van der Waals surface area (Å²) in [4.78, 5) is 29.7. The minimum absolute atomic E-state index is 0.0142. The van der Waals surface area contributed by atoms with E-state index in [9.17, 15) is 9.59 Å². The molecule has 5 nitrogen and oxygen atoms in total. The normalized spacial score (nSPS) is 10.6. The smallest absolute Gasteiger partial charge is 0.224 e. The highest BCUT2D eigenvalue weighted by Crippen LogP contribution is 2.26. The molecule has 0 unspecified atom stereocenters. The van der Waals surface area contributed by atoms with Crippen LogP contribution in [0.3, 0.4) is 0 Å². The highest BCUT2D eigenvalue weighted by atomic mass is 32.2. The molecule has 1 amide bonds. The van der Waals surface area contributed by atoms with Gasteiger partial charge < -0.3 is 9.88 Å². The van der Waals surface area contributed by atoms with Gasteiger partial charge in [0.2, 0.25) is 5.91 Å². The molecule has 144 valence electrons. The molecule has 0 atom stereocenters. The van der Waals surface area contributed by atoms with Crippen LogP contribution in [0, 0.1) is 0 Å². The van der Waals surface area contributed by atoms with Crippen LogP contribution in [0.5, 0.6) is 0 Å². The van der Waals surface area contributed by atoms with Crippen LogP contribution >= 0.6 is 11.8 Å². The van der Waals surface area contributed by atoms with E-state index < -0.39 is 0 Å². The monoisotopic (exact) mass is 393 g/mol. The number of amides is 1. The van der Waals surface area contributed by atoms with Crippen molar-refractivity contribution < 1.29 is 9.59 Å². The minimum Gasteiger partial charge on any atom is -0.329 e. The zero-order valence-corrected chi connectivity index (χ0v) is 16.8. The number of aromatic nitrogens is 2. The molecule has 1 N–H and O–H groups in total. The number of carbonyl (C=O) groups is 2. The Morgan fingerprint density at radius 2 is 1.75 bits per heavy atom. The third-order valence-electron chi connectivity index (χ3n) is 4.39. The topological polar surface area (TPSA) is 64.0 Å². The van der Waals surface area contributed by atoms with Gasteiger partial charge in [-0.3, -0.25) is 9.59 Å². The van der Waals surface area contributed by atoms with Crippen LogP contribution in [-0.4, -0.2) is 21.2 Å². The second kappa shape index (κ2) is 9.37. The molecule has 1 aromatic heterocycles. The molecule has 0 spiro atoms. The lowest BCUT2D eigenvalue weighted by Crippen LogP contribution is -2.13. The Balaban J connectivity index is 1.48. The van der Waals surface area contributed by atoms with E-state index in [1.165, 1.54) is 5.56 Å². The largest absolute Gasteiger partial charge is 0.329 e. The number of nitrogens with zero attached hydrogens (tertiary/aromatic N) is 2. The summed E-state index contributed by atoms with van der Waals surface area (Å²) >= 11 is 1.56. The van der Waals surface area contributed by atoms with E-state index in [1.807, 2.05) is 66.3 Å². The van der Waals surface area contributed by atoms with Crippen LogP contribution in [0.2, 0.25) is 0 Å². The standard InChI is InChI=1S/C22H23N3O2S/c1-3-16-4-6-17(7-5-16)20(26)12-13-21(27)24-18-8-10-19(11-9-18)28-22-23-14-15-25(22)2/h4-11,14-15H,3,12-13H2,1-2H3,(H,24,27). The molecule has 0 saturated heterocycles.